The van der Waals surface area contributed by atoms with E-state index in [0.717, 1.165) is 5.39 Å². The van der Waals surface area contributed by atoms with Crippen LogP contribution in [0.15, 0.2) is 44.6 Å². The molecule has 0 spiro atoms. The summed E-state index contributed by atoms with van der Waals surface area (Å²) in [4.78, 5) is 11.9. The monoisotopic (exact) mass is 275 g/mol. The first-order chi connectivity index (χ1) is 9.11. The van der Waals surface area contributed by atoms with Crippen molar-refractivity contribution in [2.24, 2.45) is 5.10 Å². The summed E-state index contributed by atoms with van der Waals surface area (Å²) >= 11 is 4.90. The summed E-state index contributed by atoms with van der Waals surface area (Å²) in [6, 6.07) is 9.08. The zero-order chi connectivity index (χ0) is 13.8. The Balaban J connectivity index is 2.42. The second-order valence-corrected chi connectivity index (χ2v) is 4.28. The summed E-state index contributed by atoms with van der Waals surface area (Å²) in [7, 11) is 1.69. The predicted molar refractivity (Wildman–Crippen MR) is 79.5 cm³/mol. The topological polar surface area (TPSA) is 66.6 Å². The van der Waals surface area contributed by atoms with E-state index in [2.05, 4.69) is 15.8 Å². The Morgan fingerprint density at radius 3 is 2.84 bits per heavy atom. The average molecular weight is 275 g/mol. The van der Waals surface area contributed by atoms with Crippen molar-refractivity contribution in [2.45, 2.75) is 6.92 Å². The van der Waals surface area contributed by atoms with Crippen molar-refractivity contribution in [3.63, 3.8) is 0 Å². The van der Waals surface area contributed by atoms with E-state index >= 15 is 0 Å². The molecule has 1 aromatic carbocycles. The molecule has 1 heterocycles. The molecule has 98 valence electrons. The van der Waals surface area contributed by atoms with Gasteiger partial charge in [-0.05, 0) is 31.3 Å². The molecule has 2 N–H and O–H groups in total. The molecule has 5 nitrogen and oxygen atoms in total. The highest BCUT2D eigenvalue weighted by Gasteiger charge is 2.08. The Hall–Kier alpha value is -2.21. The van der Waals surface area contributed by atoms with Crippen LogP contribution in [0.2, 0.25) is 0 Å². The van der Waals surface area contributed by atoms with Gasteiger partial charge in [0, 0.05) is 12.4 Å². The molecule has 0 atom stereocenters. The third kappa shape index (κ3) is 2.97. The number of nitrogens with one attached hydrogen (secondary N) is 2. The van der Waals surface area contributed by atoms with Gasteiger partial charge < -0.3 is 9.73 Å². The second kappa shape index (κ2) is 5.62. The molecule has 2 rings (SSSR count). The first kappa shape index (κ1) is 13.2. The fourth-order valence-electron chi connectivity index (χ4n) is 1.56. The maximum absolute atomic E-state index is 11.9. The summed E-state index contributed by atoms with van der Waals surface area (Å²) in [5.74, 6) is 0. The van der Waals surface area contributed by atoms with Gasteiger partial charge in [0.2, 0.25) is 0 Å². The Morgan fingerprint density at radius 2 is 2.11 bits per heavy atom. The first-order valence-electron chi connectivity index (χ1n) is 5.67. The molecule has 0 aliphatic heterocycles. The average Bonchev–Trinajstić information content (AvgIpc) is 2.43. The minimum Gasteiger partial charge on any atom is -0.422 e. The molecule has 19 heavy (non-hydrogen) atoms. The molecule has 0 aliphatic carbocycles. The third-order valence-electron chi connectivity index (χ3n) is 2.58. The molecule has 0 aliphatic rings. The minimum atomic E-state index is -0.419. The third-order valence-corrected chi connectivity index (χ3v) is 2.88. The van der Waals surface area contributed by atoms with Gasteiger partial charge in [-0.2, -0.15) is 5.10 Å². The van der Waals surface area contributed by atoms with Gasteiger partial charge in [-0.1, -0.05) is 18.2 Å². The van der Waals surface area contributed by atoms with Crippen molar-refractivity contribution in [3.8, 4) is 0 Å². The van der Waals surface area contributed by atoms with E-state index in [9.17, 15) is 4.79 Å². The Morgan fingerprint density at radius 1 is 1.37 bits per heavy atom. The van der Waals surface area contributed by atoms with Crippen molar-refractivity contribution in [1.82, 2.24) is 10.7 Å². The van der Waals surface area contributed by atoms with Gasteiger partial charge in [0.05, 0.1) is 11.3 Å². The van der Waals surface area contributed by atoms with E-state index in [4.69, 9.17) is 16.6 Å². The number of benzene rings is 1. The summed E-state index contributed by atoms with van der Waals surface area (Å²) in [6.45, 7) is 1.71. The highest BCUT2D eigenvalue weighted by molar-refractivity contribution is 7.80. The summed E-state index contributed by atoms with van der Waals surface area (Å²) in [5, 5.41) is 7.99. The highest BCUT2D eigenvalue weighted by atomic mass is 32.1. The lowest BCUT2D eigenvalue weighted by Crippen LogP contribution is -2.29. The molecule has 6 heteroatoms. The summed E-state index contributed by atoms with van der Waals surface area (Å²) in [6.07, 6.45) is 0. The van der Waals surface area contributed by atoms with Crippen LogP contribution < -0.4 is 16.4 Å². The van der Waals surface area contributed by atoms with Crippen LogP contribution in [-0.4, -0.2) is 17.9 Å². The standard InChI is InChI=1S/C13H13N3O2S/c1-8(15-16-13(19)14-2)10-7-9-5-3-4-6-11(9)18-12(10)17/h3-7H,1-2H3,(H2,14,16,19). The van der Waals surface area contributed by atoms with E-state index in [1.54, 1.807) is 26.1 Å². The molecule has 0 unspecified atom stereocenters. The number of para-hydroxylation sites is 1. The molecule has 0 radical (unpaired) electrons. The second-order valence-electron chi connectivity index (χ2n) is 3.87. The van der Waals surface area contributed by atoms with Crippen molar-refractivity contribution in [1.29, 1.82) is 0 Å². The van der Waals surface area contributed by atoms with Gasteiger partial charge in [-0.25, -0.2) is 4.79 Å². The molecule has 0 fully saturated rings. The van der Waals surface area contributed by atoms with Crippen LogP contribution in [0.4, 0.5) is 0 Å². The van der Waals surface area contributed by atoms with Crippen molar-refractivity contribution >= 4 is 34.0 Å². The largest absolute Gasteiger partial charge is 0.422 e. The highest BCUT2D eigenvalue weighted by Crippen LogP contribution is 2.12. The van der Waals surface area contributed by atoms with Crippen LogP contribution in [0.1, 0.15) is 12.5 Å². The van der Waals surface area contributed by atoms with Gasteiger partial charge in [0.25, 0.3) is 0 Å². The van der Waals surface area contributed by atoms with Gasteiger partial charge in [0.15, 0.2) is 5.11 Å². The predicted octanol–water partition coefficient (Wildman–Crippen LogP) is 1.61. The number of rotatable bonds is 2. The fourth-order valence-corrected chi connectivity index (χ4v) is 1.61. The maximum atomic E-state index is 11.9. The SMILES string of the molecule is CNC(=S)NN=C(C)c1cc2ccccc2oc1=O. The maximum Gasteiger partial charge on any atom is 0.345 e. The molecule has 0 saturated heterocycles. The molecular weight excluding hydrogens is 262 g/mol. The Bertz CT molecular complexity index is 706. The number of hydrogen-bond donors (Lipinski definition) is 2. The lowest BCUT2D eigenvalue weighted by atomic mass is 10.1. The molecule has 2 aromatic rings. The van der Waals surface area contributed by atoms with Crippen LogP contribution in [0.3, 0.4) is 0 Å². The smallest absolute Gasteiger partial charge is 0.345 e. The normalized spacial score (nSPS) is 11.4. The number of hydrazone groups is 1. The lowest BCUT2D eigenvalue weighted by molar-refractivity contribution is 0.559. The van der Waals surface area contributed by atoms with Gasteiger partial charge in [-0.3, -0.25) is 5.43 Å². The zero-order valence-corrected chi connectivity index (χ0v) is 11.4. The number of fused-ring (bicyclic) bond motifs is 1. The van der Waals surface area contributed by atoms with Crippen LogP contribution in [0.25, 0.3) is 11.0 Å². The quantitative estimate of drug-likeness (QED) is 0.377. The fraction of sp³-hybridized carbons (Fsp3) is 0.154. The number of nitrogens with zero attached hydrogens (tertiary/aromatic N) is 1. The zero-order valence-electron chi connectivity index (χ0n) is 10.6. The molecule has 0 saturated carbocycles. The van der Waals surface area contributed by atoms with Crippen molar-refractivity contribution in [3.05, 3.63) is 46.3 Å². The number of hydrogen-bond acceptors (Lipinski definition) is 4. The van der Waals surface area contributed by atoms with Crippen LogP contribution in [-0.2, 0) is 0 Å². The van der Waals surface area contributed by atoms with Gasteiger partial charge >= 0.3 is 5.63 Å². The van der Waals surface area contributed by atoms with E-state index in [1.165, 1.54) is 0 Å². The first-order valence-corrected chi connectivity index (χ1v) is 6.08. The number of thiocarbonyl (C=S) groups is 1. The van der Waals surface area contributed by atoms with Gasteiger partial charge in [-0.15, -0.1) is 0 Å². The molecule has 0 amide bonds. The van der Waals surface area contributed by atoms with Crippen molar-refractivity contribution in [2.75, 3.05) is 7.05 Å². The summed E-state index contributed by atoms with van der Waals surface area (Å²) in [5.41, 5.74) is 3.69. The van der Waals surface area contributed by atoms with Gasteiger partial charge in [0.1, 0.15) is 5.58 Å². The Kier molecular flexibility index (Phi) is 3.91. The molecule has 0 bridgehead atoms. The van der Waals surface area contributed by atoms with E-state index < -0.39 is 5.63 Å². The van der Waals surface area contributed by atoms with E-state index in [-0.39, 0.29) is 0 Å². The minimum absolute atomic E-state index is 0.379. The van der Waals surface area contributed by atoms with Crippen LogP contribution >= 0.6 is 12.2 Å². The molecular formula is C13H13N3O2S. The van der Waals surface area contributed by atoms with Crippen molar-refractivity contribution < 1.29 is 4.42 Å². The molecule has 1 aromatic heterocycles. The van der Waals surface area contributed by atoms with E-state index in [1.807, 2.05) is 18.2 Å². The summed E-state index contributed by atoms with van der Waals surface area (Å²) < 4.78 is 5.23. The van der Waals surface area contributed by atoms with Crippen LogP contribution in [0, 0.1) is 0 Å². The van der Waals surface area contributed by atoms with Crippen LogP contribution in [0.5, 0.6) is 0 Å². The van der Waals surface area contributed by atoms with E-state index in [0.29, 0.717) is 22.0 Å². The lowest BCUT2D eigenvalue weighted by Gasteiger charge is -2.04. The Labute approximate surface area is 115 Å².